The summed E-state index contributed by atoms with van der Waals surface area (Å²) >= 11 is 0. The van der Waals surface area contributed by atoms with Gasteiger partial charge in [-0.2, -0.15) is 5.10 Å². The van der Waals surface area contributed by atoms with Crippen LogP contribution in [0, 0.1) is 0 Å². The van der Waals surface area contributed by atoms with Crippen LogP contribution in [-0.2, 0) is 24.3 Å². The molecule has 0 bridgehead atoms. The van der Waals surface area contributed by atoms with Gasteiger partial charge in [-0.05, 0) is 24.5 Å². The molecule has 1 aliphatic carbocycles. The molecule has 0 saturated heterocycles. The zero-order valence-electron chi connectivity index (χ0n) is 17.7. The van der Waals surface area contributed by atoms with Gasteiger partial charge in [0.25, 0.3) is 5.91 Å². The van der Waals surface area contributed by atoms with E-state index in [2.05, 4.69) is 20.5 Å². The number of benzene rings is 1. The summed E-state index contributed by atoms with van der Waals surface area (Å²) in [5.74, 6) is 1.07. The van der Waals surface area contributed by atoms with Crippen LogP contribution in [0.25, 0.3) is 0 Å². The number of H-pyrrole nitrogens is 1. The molecule has 8 heteroatoms. The van der Waals surface area contributed by atoms with Gasteiger partial charge >= 0.3 is 0 Å². The summed E-state index contributed by atoms with van der Waals surface area (Å²) in [6.07, 6.45) is 4.74. The molecule has 4 heterocycles. The van der Waals surface area contributed by atoms with Crippen molar-refractivity contribution in [1.82, 2.24) is 20.1 Å². The average molecular weight is 428 g/mol. The van der Waals surface area contributed by atoms with Crippen molar-refractivity contribution in [2.45, 2.75) is 38.3 Å². The lowest BCUT2D eigenvalue weighted by Gasteiger charge is -2.31. The van der Waals surface area contributed by atoms with Gasteiger partial charge < -0.3 is 15.1 Å². The third-order valence-electron chi connectivity index (χ3n) is 6.51. The molecule has 162 valence electrons. The first-order valence-corrected chi connectivity index (χ1v) is 11.1. The summed E-state index contributed by atoms with van der Waals surface area (Å²) in [4.78, 5) is 34.1. The lowest BCUT2D eigenvalue weighted by molar-refractivity contribution is -0.117. The van der Waals surface area contributed by atoms with E-state index in [0.29, 0.717) is 42.6 Å². The third-order valence-corrected chi connectivity index (χ3v) is 6.51. The Labute approximate surface area is 185 Å². The molecule has 0 unspecified atom stereocenters. The van der Waals surface area contributed by atoms with Crippen LogP contribution in [0.2, 0.25) is 0 Å². The number of carbonyl (C=O) groups excluding carboxylic acids is 2. The van der Waals surface area contributed by atoms with Crippen molar-refractivity contribution in [2.75, 3.05) is 23.3 Å². The topological polar surface area (TPSA) is 94.2 Å². The van der Waals surface area contributed by atoms with Crippen LogP contribution in [0.1, 0.15) is 51.6 Å². The monoisotopic (exact) mass is 428 g/mol. The molecule has 2 aromatic heterocycles. The van der Waals surface area contributed by atoms with Crippen LogP contribution in [0.5, 0.6) is 0 Å². The van der Waals surface area contributed by atoms with Crippen LogP contribution in [0.4, 0.5) is 11.5 Å². The number of aromatic amines is 1. The summed E-state index contributed by atoms with van der Waals surface area (Å²) in [5, 5.41) is 10.8. The molecule has 2 aliphatic heterocycles. The maximum Gasteiger partial charge on any atom is 0.255 e. The number of rotatable bonds is 4. The zero-order chi connectivity index (χ0) is 21.7. The van der Waals surface area contributed by atoms with Gasteiger partial charge in [0.1, 0.15) is 0 Å². The third kappa shape index (κ3) is 3.32. The van der Waals surface area contributed by atoms with Gasteiger partial charge in [-0.3, -0.25) is 14.7 Å². The van der Waals surface area contributed by atoms with Crippen LogP contribution in [-0.4, -0.2) is 45.0 Å². The molecule has 0 spiro atoms. The Balaban J connectivity index is 1.28. The summed E-state index contributed by atoms with van der Waals surface area (Å²) < 4.78 is 0. The number of pyridine rings is 1. The molecule has 1 fully saturated rings. The van der Waals surface area contributed by atoms with Gasteiger partial charge in [-0.1, -0.05) is 30.3 Å². The number of carbonyl (C=O) groups is 2. The number of nitrogens with one attached hydrogen (secondary N) is 2. The van der Waals surface area contributed by atoms with Crippen molar-refractivity contribution in [1.29, 1.82) is 0 Å². The second-order valence-electron chi connectivity index (χ2n) is 8.73. The maximum absolute atomic E-state index is 13.4. The standard InChI is InChI=1S/C24H24N6O2/c31-21-12-26-23-20(30(21)13-15-4-2-1-3-5-15)10-17(11-25-23)24(32)29-9-8-19-18(14-29)22(28-27-19)16-6-7-16/h1-5,10-11,16H,6-9,12-14H2,(H,25,26)(H,27,28). The Hall–Kier alpha value is -3.68. The first kappa shape index (κ1) is 19.0. The summed E-state index contributed by atoms with van der Waals surface area (Å²) in [7, 11) is 0. The van der Waals surface area contributed by atoms with E-state index in [1.165, 1.54) is 18.4 Å². The summed E-state index contributed by atoms with van der Waals surface area (Å²) in [6, 6.07) is 11.6. The van der Waals surface area contributed by atoms with Crippen molar-refractivity contribution in [3.8, 4) is 0 Å². The normalized spacial score (nSPS) is 17.6. The van der Waals surface area contributed by atoms with Gasteiger partial charge in [-0.25, -0.2) is 4.98 Å². The molecule has 1 saturated carbocycles. The number of fused-ring (bicyclic) bond motifs is 2. The molecular weight excluding hydrogens is 404 g/mol. The minimum Gasteiger partial charge on any atom is -0.359 e. The van der Waals surface area contributed by atoms with Gasteiger partial charge in [0.05, 0.1) is 30.0 Å². The number of aromatic nitrogens is 3. The van der Waals surface area contributed by atoms with Crippen molar-refractivity contribution in [2.24, 2.45) is 0 Å². The van der Waals surface area contributed by atoms with Crippen molar-refractivity contribution in [3.05, 3.63) is 70.7 Å². The second-order valence-corrected chi connectivity index (χ2v) is 8.73. The summed E-state index contributed by atoms with van der Waals surface area (Å²) in [5.41, 5.74) is 5.64. The van der Waals surface area contributed by atoms with Crippen LogP contribution >= 0.6 is 0 Å². The highest BCUT2D eigenvalue weighted by Crippen LogP contribution is 2.42. The predicted molar refractivity (Wildman–Crippen MR) is 119 cm³/mol. The molecule has 2 amide bonds. The lowest BCUT2D eigenvalue weighted by Crippen LogP contribution is -2.40. The first-order chi connectivity index (χ1) is 15.7. The molecule has 0 atom stereocenters. The van der Waals surface area contributed by atoms with Gasteiger partial charge in [0.15, 0.2) is 5.82 Å². The highest BCUT2D eigenvalue weighted by molar-refractivity contribution is 6.04. The van der Waals surface area contributed by atoms with E-state index in [9.17, 15) is 9.59 Å². The van der Waals surface area contributed by atoms with E-state index < -0.39 is 0 Å². The Kier molecular flexibility index (Phi) is 4.45. The fourth-order valence-electron chi connectivity index (χ4n) is 4.61. The van der Waals surface area contributed by atoms with E-state index in [-0.39, 0.29) is 18.4 Å². The molecule has 8 nitrogen and oxygen atoms in total. The van der Waals surface area contributed by atoms with Crippen LogP contribution < -0.4 is 10.2 Å². The highest BCUT2D eigenvalue weighted by Gasteiger charge is 2.34. The molecule has 0 radical (unpaired) electrons. The fourth-order valence-corrected chi connectivity index (χ4v) is 4.61. The quantitative estimate of drug-likeness (QED) is 0.667. The number of hydrogen-bond donors (Lipinski definition) is 2. The second kappa shape index (κ2) is 7.47. The van der Waals surface area contributed by atoms with Gasteiger partial charge in [0, 0.05) is 42.9 Å². The van der Waals surface area contributed by atoms with Gasteiger partial charge in [0.2, 0.25) is 5.91 Å². The fraction of sp³-hybridized carbons (Fsp3) is 0.333. The maximum atomic E-state index is 13.4. The van der Waals surface area contributed by atoms with Crippen molar-refractivity contribution >= 4 is 23.3 Å². The number of anilines is 2. The minimum atomic E-state index is -0.0634. The van der Waals surface area contributed by atoms with E-state index >= 15 is 0 Å². The largest absolute Gasteiger partial charge is 0.359 e. The molecule has 3 aliphatic rings. The number of nitrogens with zero attached hydrogens (tertiary/aromatic N) is 4. The number of amides is 2. The minimum absolute atomic E-state index is 0.0390. The molecular formula is C24H24N6O2. The molecule has 1 aromatic carbocycles. The SMILES string of the molecule is O=C(c1cnc2c(c1)N(Cc1ccccc1)C(=O)CN2)N1CCc2[nH]nc(C3CC3)c2C1. The van der Waals surface area contributed by atoms with Crippen molar-refractivity contribution < 1.29 is 9.59 Å². The van der Waals surface area contributed by atoms with Crippen LogP contribution in [0.15, 0.2) is 42.6 Å². The predicted octanol–water partition coefficient (Wildman–Crippen LogP) is 2.84. The summed E-state index contributed by atoms with van der Waals surface area (Å²) in [6.45, 7) is 1.85. The molecule has 2 N–H and O–H groups in total. The Morgan fingerprint density at radius 1 is 1.19 bits per heavy atom. The molecule has 6 rings (SSSR count). The Bertz CT molecular complexity index is 1200. The first-order valence-electron chi connectivity index (χ1n) is 11.1. The number of hydrogen-bond acceptors (Lipinski definition) is 5. The Morgan fingerprint density at radius 2 is 2.03 bits per heavy atom. The van der Waals surface area contributed by atoms with E-state index in [4.69, 9.17) is 0 Å². The van der Waals surface area contributed by atoms with E-state index in [0.717, 1.165) is 23.4 Å². The average Bonchev–Trinajstić information content (AvgIpc) is 3.59. The lowest BCUT2D eigenvalue weighted by atomic mass is 10.0. The van der Waals surface area contributed by atoms with E-state index in [1.54, 1.807) is 17.2 Å². The highest BCUT2D eigenvalue weighted by atomic mass is 16.2. The van der Waals surface area contributed by atoms with E-state index in [1.807, 2.05) is 35.2 Å². The zero-order valence-corrected chi connectivity index (χ0v) is 17.7. The molecule has 32 heavy (non-hydrogen) atoms. The van der Waals surface area contributed by atoms with Crippen LogP contribution in [0.3, 0.4) is 0 Å². The van der Waals surface area contributed by atoms with Crippen molar-refractivity contribution in [3.63, 3.8) is 0 Å². The van der Waals surface area contributed by atoms with Gasteiger partial charge in [-0.15, -0.1) is 0 Å². The molecule has 3 aromatic rings. The Morgan fingerprint density at radius 3 is 2.84 bits per heavy atom. The smallest absolute Gasteiger partial charge is 0.255 e.